The zero-order valence-corrected chi connectivity index (χ0v) is 11.3. The molecule has 0 atom stereocenters. The van der Waals surface area contributed by atoms with Crippen LogP contribution in [0, 0.1) is 11.8 Å². The number of hydrogen-bond acceptors (Lipinski definition) is 3. The van der Waals surface area contributed by atoms with E-state index in [4.69, 9.17) is 5.73 Å². The first-order valence-electron chi connectivity index (χ1n) is 6.24. The molecule has 2 aromatic rings. The predicted octanol–water partition coefficient (Wildman–Crippen LogP) is 0.992. The molecular formula is C15H16N4O. The Kier molecular flexibility index (Phi) is 4.53. The van der Waals surface area contributed by atoms with E-state index in [2.05, 4.69) is 22.0 Å². The number of carbonyl (C=O) groups is 1. The quantitative estimate of drug-likeness (QED) is 0.815. The average molecular weight is 268 g/mol. The summed E-state index contributed by atoms with van der Waals surface area (Å²) >= 11 is 0. The SMILES string of the molecule is CN(Cc1ccccc1C#CCN)C(=O)c1ccn[nH]1. The minimum atomic E-state index is -0.107. The fraction of sp³-hybridized carbons (Fsp3) is 0.200. The highest BCUT2D eigenvalue weighted by Crippen LogP contribution is 2.11. The third kappa shape index (κ3) is 3.25. The largest absolute Gasteiger partial charge is 0.336 e. The van der Waals surface area contributed by atoms with Crippen LogP contribution in [0.25, 0.3) is 0 Å². The molecule has 1 heterocycles. The monoisotopic (exact) mass is 268 g/mol. The van der Waals surface area contributed by atoms with Crippen molar-refractivity contribution in [3.63, 3.8) is 0 Å². The van der Waals surface area contributed by atoms with Gasteiger partial charge in [-0.25, -0.2) is 0 Å². The number of nitrogens with one attached hydrogen (secondary N) is 1. The molecule has 5 heteroatoms. The van der Waals surface area contributed by atoms with E-state index in [1.54, 1.807) is 24.2 Å². The third-order valence-corrected chi connectivity index (χ3v) is 2.83. The number of H-pyrrole nitrogens is 1. The number of hydrogen-bond donors (Lipinski definition) is 2. The van der Waals surface area contributed by atoms with Gasteiger partial charge in [0.2, 0.25) is 0 Å². The number of aromatic nitrogens is 2. The van der Waals surface area contributed by atoms with Gasteiger partial charge < -0.3 is 10.6 Å². The molecule has 2 rings (SSSR count). The molecule has 0 fully saturated rings. The Labute approximate surface area is 117 Å². The molecular weight excluding hydrogens is 252 g/mol. The fourth-order valence-corrected chi connectivity index (χ4v) is 1.83. The highest BCUT2D eigenvalue weighted by Gasteiger charge is 2.14. The maximum Gasteiger partial charge on any atom is 0.271 e. The summed E-state index contributed by atoms with van der Waals surface area (Å²) in [7, 11) is 1.75. The Morgan fingerprint density at radius 3 is 2.90 bits per heavy atom. The zero-order chi connectivity index (χ0) is 14.4. The van der Waals surface area contributed by atoms with Crippen molar-refractivity contribution in [2.24, 2.45) is 5.73 Å². The molecule has 1 aromatic carbocycles. The summed E-state index contributed by atoms with van der Waals surface area (Å²) in [5, 5.41) is 6.45. The maximum absolute atomic E-state index is 12.1. The smallest absolute Gasteiger partial charge is 0.271 e. The Morgan fingerprint density at radius 1 is 1.40 bits per heavy atom. The van der Waals surface area contributed by atoms with Gasteiger partial charge in [0.05, 0.1) is 6.54 Å². The molecule has 1 amide bonds. The molecule has 0 saturated heterocycles. The van der Waals surface area contributed by atoms with Crippen molar-refractivity contribution >= 4 is 5.91 Å². The number of amides is 1. The van der Waals surface area contributed by atoms with Crippen molar-refractivity contribution in [1.82, 2.24) is 15.1 Å². The van der Waals surface area contributed by atoms with Crippen LogP contribution in [0.3, 0.4) is 0 Å². The molecule has 0 spiro atoms. The lowest BCUT2D eigenvalue weighted by molar-refractivity contribution is 0.0779. The molecule has 5 nitrogen and oxygen atoms in total. The van der Waals surface area contributed by atoms with Crippen molar-refractivity contribution in [1.29, 1.82) is 0 Å². The number of rotatable bonds is 3. The lowest BCUT2D eigenvalue weighted by atomic mass is 10.1. The lowest BCUT2D eigenvalue weighted by Crippen LogP contribution is -2.26. The van der Waals surface area contributed by atoms with Crippen molar-refractivity contribution in [2.45, 2.75) is 6.54 Å². The van der Waals surface area contributed by atoms with Gasteiger partial charge in [-0.1, -0.05) is 30.0 Å². The first kappa shape index (κ1) is 13.8. The molecule has 0 aliphatic rings. The lowest BCUT2D eigenvalue weighted by Gasteiger charge is -2.17. The van der Waals surface area contributed by atoms with Crippen LogP contribution in [0.4, 0.5) is 0 Å². The minimum absolute atomic E-state index is 0.107. The van der Waals surface area contributed by atoms with E-state index in [1.807, 2.05) is 24.3 Å². The van der Waals surface area contributed by atoms with Gasteiger partial charge in [-0.2, -0.15) is 5.10 Å². The maximum atomic E-state index is 12.1. The molecule has 0 unspecified atom stereocenters. The Bertz CT molecular complexity index is 637. The summed E-state index contributed by atoms with van der Waals surface area (Å²) in [6.45, 7) is 0.796. The van der Waals surface area contributed by atoms with Crippen LogP contribution < -0.4 is 5.73 Å². The van der Waals surface area contributed by atoms with Gasteiger partial charge >= 0.3 is 0 Å². The van der Waals surface area contributed by atoms with Gasteiger partial charge in [0.1, 0.15) is 5.69 Å². The van der Waals surface area contributed by atoms with Crippen LogP contribution in [0.1, 0.15) is 21.6 Å². The van der Waals surface area contributed by atoms with Crippen LogP contribution in [0.15, 0.2) is 36.5 Å². The first-order chi connectivity index (χ1) is 9.72. The summed E-state index contributed by atoms with van der Waals surface area (Å²) in [6.07, 6.45) is 1.56. The van der Waals surface area contributed by atoms with E-state index in [1.165, 1.54) is 0 Å². The predicted molar refractivity (Wildman–Crippen MR) is 76.8 cm³/mol. The van der Waals surface area contributed by atoms with Crippen molar-refractivity contribution in [3.05, 3.63) is 53.3 Å². The third-order valence-electron chi connectivity index (χ3n) is 2.83. The molecule has 3 N–H and O–H groups in total. The van der Waals surface area contributed by atoms with Crippen molar-refractivity contribution in [2.75, 3.05) is 13.6 Å². The van der Waals surface area contributed by atoms with E-state index < -0.39 is 0 Å². The Morgan fingerprint density at radius 2 is 2.20 bits per heavy atom. The number of benzene rings is 1. The van der Waals surface area contributed by atoms with E-state index in [0.29, 0.717) is 18.8 Å². The average Bonchev–Trinajstić information content (AvgIpc) is 2.99. The summed E-state index contributed by atoms with van der Waals surface area (Å²) < 4.78 is 0. The summed E-state index contributed by atoms with van der Waals surface area (Å²) in [4.78, 5) is 13.8. The van der Waals surface area contributed by atoms with Crippen LogP contribution in [-0.2, 0) is 6.54 Å². The van der Waals surface area contributed by atoms with Crippen molar-refractivity contribution in [3.8, 4) is 11.8 Å². The molecule has 0 aliphatic heterocycles. The van der Waals surface area contributed by atoms with Gasteiger partial charge in [0.15, 0.2) is 0 Å². The van der Waals surface area contributed by atoms with Gasteiger partial charge in [0, 0.05) is 25.4 Å². The topological polar surface area (TPSA) is 75.0 Å². The van der Waals surface area contributed by atoms with Crippen LogP contribution in [0.5, 0.6) is 0 Å². The molecule has 102 valence electrons. The van der Waals surface area contributed by atoms with Crippen LogP contribution >= 0.6 is 0 Å². The standard InChI is InChI=1S/C15H16N4O/c1-19(15(20)14-8-10-17-18-14)11-13-6-3-2-5-12(13)7-4-9-16/h2-3,5-6,8,10H,9,11,16H2,1H3,(H,17,18). The second kappa shape index (κ2) is 6.55. The normalized spacial score (nSPS) is 9.70. The molecule has 20 heavy (non-hydrogen) atoms. The van der Waals surface area contributed by atoms with E-state index in [0.717, 1.165) is 11.1 Å². The van der Waals surface area contributed by atoms with Crippen LogP contribution in [-0.4, -0.2) is 34.6 Å². The molecule has 0 aliphatic carbocycles. The molecule has 1 aromatic heterocycles. The zero-order valence-electron chi connectivity index (χ0n) is 11.3. The molecule has 0 bridgehead atoms. The summed E-state index contributed by atoms with van der Waals surface area (Å²) in [6, 6.07) is 9.38. The summed E-state index contributed by atoms with van der Waals surface area (Å²) in [5.41, 5.74) is 7.74. The first-order valence-corrected chi connectivity index (χ1v) is 6.24. The highest BCUT2D eigenvalue weighted by atomic mass is 16.2. The number of nitrogens with two attached hydrogens (primary N) is 1. The van der Waals surface area contributed by atoms with E-state index in [9.17, 15) is 4.79 Å². The van der Waals surface area contributed by atoms with Crippen LogP contribution in [0.2, 0.25) is 0 Å². The number of aromatic amines is 1. The van der Waals surface area contributed by atoms with E-state index in [-0.39, 0.29) is 5.91 Å². The minimum Gasteiger partial charge on any atom is -0.336 e. The Balaban J connectivity index is 2.15. The van der Waals surface area contributed by atoms with Gasteiger partial charge in [-0.15, -0.1) is 0 Å². The highest BCUT2D eigenvalue weighted by molar-refractivity contribution is 5.91. The van der Waals surface area contributed by atoms with Crippen molar-refractivity contribution < 1.29 is 4.79 Å². The second-order valence-corrected chi connectivity index (χ2v) is 4.29. The second-order valence-electron chi connectivity index (χ2n) is 4.29. The summed E-state index contributed by atoms with van der Waals surface area (Å²) in [5.74, 6) is 5.74. The number of nitrogens with zero attached hydrogens (tertiary/aromatic N) is 2. The fourth-order valence-electron chi connectivity index (χ4n) is 1.83. The number of carbonyl (C=O) groups excluding carboxylic acids is 1. The Hall–Kier alpha value is -2.58. The molecule has 0 radical (unpaired) electrons. The molecule has 0 saturated carbocycles. The van der Waals surface area contributed by atoms with Gasteiger partial charge in [0.25, 0.3) is 5.91 Å². The van der Waals surface area contributed by atoms with Gasteiger partial charge in [-0.05, 0) is 17.7 Å². The van der Waals surface area contributed by atoms with Gasteiger partial charge in [-0.3, -0.25) is 9.89 Å². The van der Waals surface area contributed by atoms with E-state index >= 15 is 0 Å².